The first kappa shape index (κ1) is 14.8. The summed E-state index contributed by atoms with van der Waals surface area (Å²) in [5.41, 5.74) is 1.41. The predicted octanol–water partition coefficient (Wildman–Crippen LogP) is 1.11. The number of carbonyl (C=O) groups excluding carboxylic acids is 2. The Balaban J connectivity index is 1.71. The van der Waals surface area contributed by atoms with E-state index in [1.807, 2.05) is 18.2 Å². The summed E-state index contributed by atoms with van der Waals surface area (Å²) in [7, 11) is 1.30. The number of hydrogen-bond acceptors (Lipinski definition) is 4. The molecule has 1 aromatic carbocycles. The Kier molecular flexibility index (Phi) is 4.24. The number of amides is 1. The van der Waals surface area contributed by atoms with Crippen LogP contribution < -0.4 is 5.32 Å². The second kappa shape index (κ2) is 6.32. The lowest BCUT2D eigenvalue weighted by atomic mass is 9.86. The van der Waals surface area contributed by atoms with E-state index in [1.165, 1.54) is 12.7 Å². The number of esters is 1. The van der Waals surface area contributed by atoms with Crippen LogP contribution in [-0.4, -0.2) is 43.0 Å². The van der Waals surface area contributed by atoms with Crippen LogP contribution in [-0.2, 0) is 20.9 Å². The molecular formula is C17H20N2O3. The molecule has 5 nitrogen and oxygen atoms in total. The summed E-state index contributed by atoms with van der Waals surface area (Å²) >= 11 is 0. The molecule has 1 N–H and O–H groups in total. The molecule has 0 aliphatic carbocycles. The molecule has 116 valence electrons. The smallest absolute Gasteiger partial charge is 0.343 e. The van der Waals surface area contributed by atoms with Crippen molar-refractivity contribution < 1.29 is 14.3 Å². The van der Waals surface area contributed by atoms with Crippen LogP contribution in [0.15, 0.2) is 42.0 Å². The number of hydrogen-bond donors (Lipinski definition) is 1. The summed E-state index contributed by atoms with van der Waals surface area (Å²) in [4.78, 5) is 25.9. The van der Waals surface area contributed by atoms with Gasteiger partial charge in [-0.15, -0.1) is 0 Å². The Morgan fingerprint density at radius 2 is 2.14 bits per heavy atom. The predicted molar refractivity (Wildman–Crippen MR) is 81.9 cm³/mol. The summed E-state index contributed by atoms with van der Waals surface area (Å²) in [6, 6.07) is 10.4. The Morgan fingerprint density at radius 1 is 1.36 bits per heavy atom. The summed E-state index contributed by atoms with van der Waals surface area (Å²) in [5, 5.41) is 2.93. The fraction of sp³-hybridized carbons (Fsp3) is 0.412. The zero-order valence-electron chi connectivity index (χ0n) is 12.6. The summed E-state index contributed by atoms with van der Waals surface area (Å²) < 4.78 is 4.68. The molecule has 2 aliphatic rings. The van der Waals surface area contributed by atoms with E-state index in [2.05, 4.69) is 27.1 Å². The Morgan fingerprint density at radius 3 is 2.86 bits per heavy atom. The van der Waals surface area contributed by atoms with E-state index in [9.17, 15) is 9.59 Å². The van der Waals surface area contributed by atoms with Gasteiger partial charge in [-0.05, 0) is 12.0 Å². The van der Waals surface area contributed by atoms with Gasteiger partial charge in [-0.1, -0.05) is 36.4 Å². The molecular weight excluding hydrogens is 280 g/mol. The third-order valence-corrected chi connectivity index (χ3v) is 4.34. The van der Waals surface area contributed by atoms with E-state index in [1.54, 1.807) is 6.08 Å². The maximum atomic E-state index is 11.9. The number of rotatable bonds is 3. The zero-order chi connectivity index (χ0) is 15.5. The molecule has 1 aromatic rings. The first-order valence-corrected chi connectivity index (χ1v) is 7.54. The molecule has 2 heterocycles. The molecule has 0 bridgehead atoms. The van der Waals surface area contributed by atoms with Crippen molar-refractivity contribution in [3.05, 3.63) is 47.5 Å². The minimum absolute atomic E-state index is 0.118. The van der Waals surface area contributed by atoms with E-state index in [4.69, 9.17) is 0 Å². The maximum Gasteiger partial charge on any atom is 0.343 e. The zero-order valence-corrected chi connectivity index (χ0v) is 12.6. The first-order valence-electron chi connectivity index (χ1n) is 7.54. The number of methoxy groups -OCH3 is 1. The lowest BCUT2D eigenvalue weighted by molar-refractivity contribution is -0.138. The fourth-order valence-corrected chi connectivity index (χ4v) is 3.19. The molecule has 0 aromatic heterocycles. The highest BCUT2D eigenvalue weighted by Crippen LogP contribution is 2.25. The van der Waals surface area contributed by atoms with Crippen molar-refractivity contribution in [1.29, 1.82) is 0 Å². The third kappa shape index (κ3) is 3.04. The molecule has 5 heteroatoms. The highest BCUT2D eigenvalue weighted by Gasteiger charge is 2.36. The van der Waals surface area contributed by atoms with Gasteiger partial charge in [0.15, 0.2) is 0 Å². The normalized spacial score (nSPS) is 25.0. The lowest BCUT2D eigenvalue weighted by Crippen LogP contribution is -2.53. The number of carbonyl (C=O) groups is 2. The minimum atomic E-state index is -0.559. The molecule has 1 fully saturated rings. The molecule has 0 spiro atoms. The van der Waals surface area contributed by atoms with E-state index in [-0.39, 0.29) is 23.4 Å². The number of ether oxygens (including phenoxy) is 1. The number of nitrogens with one attached hydrogen (secondary N) is 1. The molecule has 0 radical (unpaired) electrons. The Hall–Kier alpha value is -2.14. The van der Waals surface area contributed by atoms with Crippen molar-refractivity contribution in [1.82, 2.24) is 10.2 Å². The van der Waals surface area contributed by atoms with Crippen LogP contribution in [0.3, 0.4) is 0 Å². The van der Waals surface area contributed by atoms with Crippen LogP contribution in [0.1, 0.15) is 12.0 Å². The van der Waals surface area contributed by atoms with Gasteiger partial charge in [0.25, 0.3) is 5.91 Å². The van der Waals surface area contributed by atoms with E-state index in [0.717, 1.165) is 26.1 Å². The van der Waals surface area contributed by atoms with Crippen molar-refractivity contribution in [2.24, 2.45) is 5.92 Å². The molecule has 3 rings (SSSR count). The van der Waals surface area contributed by atoms with Crippen molar-refractivity contribution in [3.8, 4) is 0 Å². The standard InChI is InChI=1S/C17H20N2O3/c1-22-17(21)14-9-13-11-19(8-7-15(13)18-16(14)20)10-12-5-3-2-4-6-12/h2-6,9,13,15H,7-8,10-11H2,1H3,(H,18,20)/t13-,15+/m1/s1. The maximum absolute atomic E-state index is 11.9. The molecule has 22 heavy (non-hydrogen) atoms. The average Bonchev–Trinajstić information content (AvgIpc) is 2.55. The first-order chi connectivity index (χ1) is 10.7. The van der Waals surface area contributed by atoms with E-state index in [0.29, 0.717) is 0 Å². The van der Waals surface area contributed by atoms with Gasteiger partial charge >= 0.3 is 5.97 Å². The van der Waals surface area contributed by atoms with Gasteiger partial charge in [0.1, 0.15) is 5.57 Å². The number of benzene rings is 1. The summed E-state index contributed by atoms with van der Waals surface area (Å²) in [6.45, 7) is 2.66. The number of likely N-dealkylation sites (tertiary alicyclic amines) is 1. The van der Waals surface area contributed by atoms with Crippen LogP contribution in [0.4, 0.5) is 0 Å². The number of fused-ring (bicyclic) bond motifs is 1. The van der Waals surface area contributed by atoms with Crippen molar-refractivity contribution >= 4 is 11.9 Å². The second-order valence-corrected chi connectivity index (χ2v) is 5.83. The quantitative estimate of drug-likeness (QED) is 0.671. The van der Waals surface area contributed by atoms with Gasteiger partial charge < -0.3 is 10.1 Å². The van der Waals surface area contributed by atoms with Gasteiger partial charge in [-0.2, -0.15) is 0 Å². The van der Waals surface area contributed by atoms with E-state index >= 15 is 0 Å². The highest BCUT2D eigenvalue weighted by atomic mass is 16.5. The topological polar surface area (TPSA) is 58.6 Å². The van der Waals surface area contributed by atoms with Crippen LogP contribution in [0.5, 0.6) is 0 Å². The monoisotopic (exact) mass is 300 g/mol. The van der Waals surface area contributed by atoms with Crippen molar-refractivity contribution in [2.45, 2.75) is 19.0 Å². The molecule has 1 saturated heterocycles. The summed E-state index contributed by atoms with van der Waals surface area (Å²) in [6.07, 6.45) is 2.68. The fourth-order valence-electron chi connectivity index (χ4n) is 3.19. The summed E-state index contributed by atoms with van der Waals surface area (Å²) in [5.74, 6) is -0.718. The van der Waals surface area contributed by atoms with Gasteiger partial charge in [0.05, 0.1) is 7.11 Å². The Labute approximate surface area is 129 Å². The molecule has 1 amide bonds. The van der Waals surface area contributed by atoms with Gasteiger partial charge in [0, 0.05) is 31.6 Å². The van der Waals surface area contributed by atoms with Crippen LogP contribution in [0.25, 0.3) is 0 Å². The lowest BCUT2D eigenvalue weighted by Gasteiger charge is -2.40. The van der Waals surface area contributed by atoms with Crippen LogP contribution in [0, 0.1) is 5.92 Å². The van der Waals surface area contributed by atoms with E-state index < -0.39 is 5.97 Å². The van der Waals surface area contributed by atoms with Gasteiger partial charge in [-0.25, -0.2) is 4.79 Å². The number of piperidine rings is 1. The molecule has 0 saturated carbocycles. The van der Waals surface area contributed by atoms with Crippen molar-refractivity contribution in [3.63, 3.8) is 0 Å². The highest BCUT2D eigenvalue weighted by molar-refractivity contribution is 6.16. The van der Waals surface area contributed by atoms with Crippen LogP contribution in [0.2, 0.25) is 0 Å². The largest absolute Gasteiger partial charge is 0.465 e. The van der Waals surface area contributed by atoms with Crippen LogP contribution >= 0.6 is 0 Å². The Bertz CT molecular complexity index is 597. The van der Waals surface area contributed by atoms with Crippen molar-refractivity contribution in [2.75, 3.05) is 20.2 Å². The minimum Gasteiger partial charge on any atom is -0.465 e. The molecule has 0 unspecified atom stereocenters. The molecule has 2 aliphatic heterocycles. The molecule has 2 atom stereocenters. The average molecular weight is 300 g/mol. The SMILES string of the molecule is COC(=O)C1=C[C@@H]2CN(Cc3ccccc3)CC[C@@H]2NC1=O. The third-order valence-electron chi connectivity index (χ3n) is 4.34. The second-order valence-electron chi connectivity index (χ2n) is 5.83. The van der Waals surface area contributed by atoms with Gasteiger partial charge in [0.2, 0.25) is 0 Å². The number of nitrogens with zero attached hydrogens (tertiary/aromatic N) is 1. The van der Waals surface area contributed by atoms with Gasteiger partial charge in [-0.3, -0.25) is 9.69 Å².